The van der Waals surface area contributed by atoms with E-state index in [1.165, 1.54) is 54.3 Å². The third kappa shape index (κ3) is 7.43. The molecule has 0 saturated carbocycles. The first-order valence-electron chi connectivity index (χ1n) is 10.5. The van der Waals surface area contributed by atoms with Gasteiger partial charge in [-0.15, -0.1) is 0 Å². The van der Waals surface area contributed by atoms with Gasteiger partial charge in [-0.2, -0.15) is 0 Å². The molecule has 0 aliphatic carbocycles. The van der Waals surface area contributed by atoms with Crippen molar-refractivity contribution in [1.82, 2.24) is 10.2 Å². The number of carbonyl (C=O) groups excluding carboxylic acids is 2. The molecule has 0 radical (unpaired) electrons. The van der Waals surface area contributed by atoms with Crippen LogP contribution in [0.1, 0.15) is 32.8 Å². The molecule has 33 heavy (non-hydrogen) atoms. The summed E-state index contributed by atoms with van der Waals surface area (Å²) in [6.45, 7) is 4.52. The molecule has 7 nitrogen and oxygen atoms in total. The molecule has 2 aromatic rings. The third-order valence-electron chi connectivity index (χ3n) is 5.26. The van der Waals surface area contributed by atoms with E-state index in [-0.39, 0.29) is 23.8 Å². The number of carbonyl (C=O) groups is 2. The molecule has 0 aliphatic rings. The standard InChI is InChI=1S/C23H29ClFN3O4S/c1-5-16(2)26-23(30)17(3)27(14-18-8-6-7-9-21(18)25)22(29)15-28(33(4,31)32)20-12-10-19(24)11-13-20/h6-13,16-17H,5,14-15H2,1-4H3,(H,26,30)/t16-,17+/m0/s1. The summed E-state index contributed by atoms with van der Waals surface area (Å²) >= 11 is 5.90. The zero-order valence-electron chi connectivity index (χ0n) is 19.1. The summed E-state index contributed by atoms with van der Waals surface area (Å²) in [5, 5.41) is 3.23. The number of nitrogens with one attached hydrogen (secondary N) is 1. The van der Waals surface area contributed by atoms with Crippen molar-refractivity contribution in [2.24, 2.45) is 0 Å². The molecule has 2 atom stereocenters. The summed E-state index contributed by atoms with van der Waals surface area (Å²) in [7, 11) is -3.84. The predicted molar refractivity (Wildman–Crippen MR) is 128 cm³/mol. The molecule has 0 unspecified atom stereocenters. The number of rotatable bonds is 10. The van der Waals surface area contributed by atoms with Crippen LogP contribution in [0.15, 0.2) is 48.5 Å². The summed E-state index contributed by atoms with van der Waals surface area (Å²) in [5.74, 6) is -1.58. The molecular formula is C23H29ClFN3O4S. The van der Waals surface area contributed by atoms with Gasteiger partial charge in [-0.3, -0.25) is 13.9 Å². The minimum atomic E-state index is -3.84. The normalized spacial score (nSPS) is 13.2. The van der Waals surface area contributed by atoms with Crippen LogP contribution < -0.4 is 9.62 Å². The highest BCUT2D eigenvalue weighted by molar-refractivity contribution is 7.92. The average molecular weight is 498 g/mol. The van der Waals surface area contributed by atoms with Gasteiger partial charge in [-0.25, -0.2) is 12.8 Å². The fourth-order valence-electron chi connectivity index (χ4n) is 3.08. The zero-order valence-corrected chi connectivity index (χ0v) is 20.7. The Morgan fingerprint density at radius 1 is 1.09 bits per heavy atom. The van der Waals surface area contributed by atoms with Crippen LogP contribution in [-0.4, -0.2) is 50.0 Å². The number of anilines is 1. The Labute approximate surface area is 199 Å². The van der Waals surface area contributed by atoms with Gasteiger partial charge in [0.15, 0.2) is 0 Å². The monoisotopic (exact) mass is 497 g/mol. The van der Waals surface area contributed by atoms with E-state index in [4.69, 9.17) is 11.6 Å². The van der Waals surface area contributed by atoms with Crippen LogP contribution in [0.4, 0.5) is 10.1 Å². The summed E-state index contributed by atoms with van der Waals surface area (Å²) in [6.07, 6.45) is 1.67. The van der Waals surface area contributed by atoms with Gasteiger partial charge in [0, 0.05) is 23.2 Å². The number of hydrogen-bond acceptors (Lipinski definition) is 4. The first-order chi connectivity index (χ1) is 15.4. The van der Waals surface area contributed by atoms with Crippen molar-refractivity contribution < 1.29 is 22.4 Å². The molecule has 0 bridgehead atoms. The molecule has 0 saturated heterocycles. The Balaban J connectivity index is 2.39. The van der Waals surface area contributed by atoms with Gasteiger partial charge in [0.2, 0.25) is 21.8 Å². The van der Waals surface area contributed by atoms with Crippen LogP contribution in [0, 0.1) is 5.82 Å². The van der Waals surface area contributed by atoms with E-state index < -0.39 is 40.2 Å². The van der Waals surface area contributed by atoms with Crippen LogP contribution in [0.5, 0.6) is 0 Å². The van der Waals surface area contributed by atoms with E-state index >= 15 is 0 Å². The topological polar surface area (TPSA) is 86.8 Å². The minimum absolute atomic E-state index is 0.119. The first kappa shape index (κ1) is 26.6. The molecule has 0 aromatic heterocycles. The van der Waals surface area contributed by atoms with Crippen molar-refractivity contribution in [3.05, 3.63) is 64.9 Å². The van der Waals surface area contributed by atoms with Crippen molar-refractivity contribution in [3.8, 4) is 0 Å². The Hall–Kier alpha value is -2.65. The van der Waals surface area contributed by atoms with Crippen LogP contribution in [0.25, 0.3) is 0 Å². The highest BCUT2D eigenvalue weighted by atomic mass is 35.5. The van der Waals surface area contributed by atoms with Gasteiger partial charge in [-0.05, 0) is 50.6 Å². The van der Waals surface area contributed by atoms with E-state index in [9.17, 15) is 22.4 Å². The molecule has 10 heteroatoms. The fraction of sp³-hybridized carbons (Fsp3) is 0.391. The zero-order chi connectivity index (χ0) is 24.8. The Morgan fingerprint density at radius 2 is 1.70 bits per heavy atom. The van der Waals surface area contributed by atoms with Crippen LogP contribution in [0.3, 0.4) is 0 Å². The Bertz CT molecular complexity index is 1080. The van der Waals surface area contributed by atoms with Gasteiger partial charge in [0.25, 0.3) is 0 Å². The molecule has 2 rings (SSSR count). The molecule has 180 valence electrons. The molecule has 0 fully saturated rings. The number of halogens is 2. The second-order valence-electron chi connectivity index (χ2n) is 7.85. The fourth-order valence-corrected chi connectivity index (χ4v) is 4.05. The lowest BCUT2D eigenvalue weighted by molar-refractivity contribution is -0.139. The number of nitrogens with zero attached hydrogens (tertiary/aromatic N) is 2. The van der Waals surface area contributed by atoms with Crippen molar-refractivity contribution in [2.75, 3.05) is 17.1 Å². The van der Waals surface area contributed by atoms with E-state index in [1.807, 2.05) is 13.8 Å². The van der Waals surface area contributed by atoms with E-state index in [1.54, 1.807) is 6.07 Å². The second-order valence-corrected chi connectivity index (χ2v) is 10.2. The van der Waals surface area contributed by atoms with Crippen molar-refractivity contribution in [1.29, 1.82) is 0 Å². The second kappa shape index (κ2) is 11.5. The largest absolute Gasteiger partial charge is 0.352 e. The number of amides is 2. The summed E-state index contributed by atoms with van der Waals surface area (Å²) in [6, 6.07) is 10.8. The summed E-state index contributed by atoms with van der Waals surface area (Å²) in [5.41, 5.74) is 0.462. The summed E-state index contributed by atoms with van der Waals surface area (Å²) < 4.78 is 40.2. The Kier molecular flexibility index (Phi) is 9.25. The SMILES string of the molecule is CC[C@H](C)NC(=O)[C@@H](C)N(Cc1ccccc1F)C(=O)CN(c1ccc(Cl)cc1)S(C)(=O)=O. The van der Waals surface area contributed by atoms with Crippen LogP contribution >= 0.6 is 11.6 Å². The maximum absolute atomic E-state index is 14.3. The summed E-state index contributed by atoms with van der Waals surface area (Å²) in [4.78, 5) is 27.3. The van der Waals surface area contributed by atoms with Gasteiger partial charge in [0.1, 0.15) is 18.4 Å². The third-order valence-corrected chi connectivity index (χ3v) is 6.65. The highest BCUT2D eigenvalue weighted by Gasteiger charge is 2.30. The molecule has 0 heterocycles. The average Bonchev–Trinajstić information content (AvgIpc) is 2.76. The maximum Gasteiger partial charge on any atom is 0.244 e. The van der Waals surface area contributed by atoms with Crippen molar-refractivity contribution in [3.63, 3.8) is 0 Å². The van der Waals surface area contributed by atoms with Crippen molar-refractivity contribution >= 4 is 39.1 Å². The van der Waals surface area contributed by atoms with E-state index in [0.29, 0.717) is 11.4 Å². The molecular weight excluding hydrogens is 469 g/mol. The van der Waals surface area contributed by atoms with Gasteiger partial charge >= 0.3 is 0 Å². The molecule has 0 aliphatic heterocycles. The van der Waals surface area contributed by atoms with E-state index in [0.717, 1.165) is 10.6 Å². The number of sulfonamides is 1. The van der Waals surface area contributed by atoms with Gasteiger partial charge in [-0.1, -0.05) is 36.7 Å². The van der Waals surface area contributed by atoms with Gasteiger partial charge in [0.05, 0.1) is 11.9 Å². The molecule has 0 spiro atoms. The van der Waals surface area contributed by atoms with Gasteiger partial charge < -0.3 is 10.2 Å². The number of benzene rings is 2. The van der Waals surface area contributed by atoms with Crippen LogP contribution in [0.2, 0.25) is 5.02 Å². The number of hydrogen-bond donors (Lipinski definition) is 1. The first-order valence-corrected chi connectivity index (χ1v) is 12.7. The Morgan fingerprint density at radius 3 is 2.24 bits per heavy atom. The van der Waals surface area contributed by atoms with Crippen LogP contribution in [-0.2, 0) is 26.2 Å². The lowest BCUT2D eigenvalue weighted by Crippen LogP contribution is -2.52. The molecule has 2 aromatic carbocycles. The lowest BCUT2D eigenvalue weighted by Gasteiger charge is -2.32. The van der Waals surface area contributed by atoms with Crippen molar-refractivity contribution in [2.45, 2.75) is 45.8 Å². The maximum atomic E-state index is 14.3. The van der Waals surface area contributed by atoms with E-state index in [2.05, 4.69) is 5.32 Å². The smallest absolute Gasteiger partial charge is 0.244 e. The highest BCUT2D eigenvalue weighted by Crippen LogP contribution is 2.21. The minimum Gasteiger partial charge on any atom is -0.352 e. The molecule has 2 amide bonds. The predicted octanol–water partition coefficient (Wildman–Crippen LogP) is 3.58. The quantitative estimate of drug-likeness (QED) is 0.543. The molecule has 1 N–H and O–H groups in total. The lowest BCUT2D eigenvalue weighted by atomic mass is 10.1.